The maximum Gasteiger partial charge on any atom is 0.0314 e. The van der Waals surface area contributed by atoms with E-state index in [0.717, 1.165) is 11.4 Å². The number of nitrogens with two attached hydrogens (primary N) is 2. The lowest BCUT2D eigenvalue weighted by molar-refractivity contribution is 0.346. The summed E-state index contributed by atoms with van der Waals surface area (Å²) in [5.74, 6) is 0.825. The Hall–Kier alpha value is -3.52. The summed E-state index contributed by atoms with van der Waals surface area (Å²) in [7, 11) is 0. The van der Waals surface area contributed by atoms with Crippen LogP contribution in [0.1, 0.15) is 155 Å². The Kier molecular flexibility index (Phi) is 12.4. The van der Waals surface area contributed by atoms with Crippen molar-refractivity contribution >= 4 is 11.4 Å². The number of unbranched alkanes of at least 4 members (excludes halogenated alkanes) is 6. The lowest BCUT2D eigenvalue weighted by Gasteiger charge is -2.39. The van der Waals surface area contributed by atoms with Gasteiger partial charge in [0.25, 0.3) is 0 Å². The standard InChI is InChI=1S/C44H58N2/c1-3-5-7-10-14-42(36-20-28-40(45)29-21-36)34-16-24-38(25-17-34)44(32-12-9-13-33-44)39-26-18-35(19-27-39)43(15-11-8-6-4-2)37-22-30-41(46)31-23-37/h16-31,42-43H,3-15,32-33,45-46H2,1-2H3. The molecular weight excluding hydrogens is 556 g/mol. The molecule has 4 N–H and O–H groups in total. The Balaban J connectivity index is 1.42. The second-order valence-corrected chi connectivity index (χ2v) is 14.0. The Morgan fingerprint density at radius 2 is 0.804 bits per heavy atom. The zero-order chi connectivity index (χ0) is 32.2. The molecule has 0 aliphatic heterocycles. The summed E-state index contributed by atoms with van der Waals surface area (Å²) in [6, 6.07) is 36.8. The molecule has 4 aromatic carbocycles. The van der Waals surface area contributed by atoms with Crippen molar-refractivity contribution < 1.29 is 0 Å². The van der Waals surface area contributed by atoms with E-state index < -0.39 is 0 Å². The van der Waals surface area contributed by atoms with Crippen LogP contribution in [-0.4, -0.2) is 0 Å². The second kappa shape index (κ2) is 16.9. The van der Waals surface area contributed by atoms with E-state index in [2.05, 4.69) is 111 Å². The summed E-state index contributed by atoms with van der Waals surface area (Å²) >= 11 is 0. The van der Waals surface area contributed by atoms with Crippen molar-refractivity contribution in [1.29, 1.82) is 0 Å². The van der Waals surface area contributed by atoms with Crippen LogP contribution in [-0.2, 0) is 5.41 Å². The summed E-state index contributed by atoms with van der Waals surface area (Å²) in [4.78, 5) is 0. The van der Waals surface area contributed by atoms with E-state index in [4.69, 9.17) is 11.5 Å². The molecule has 4 aromatic rings. The molecule has 0 aromatic heterocycles. The van der Waals surface area contributed by atoms with Crippen molar-refractivity contribution in [2.24, 2.45) is 0 Å². The van der Waals surface area contributed by atoms with Gasteiger partial charge in [0.2, 0.25) is 0 Å². The fourth-order valence-electron chi connectivity index (χ4n) is 8.03. The first-order chi connectivity index (χ1) is 22.5. The fourth-order valence-corrected chi connectivity index (χ4v) is 8.03. The summed E-state index contributed by atoms with van der Waals surface area (Å²) in [6.07, 6.45) is 19.0. The molecule has 0 saturated heterocycles. The van der Waals surface area contributed by atoms with Crippen LogP contribution in [0, 0.1) is 0 Å². The minimum atomic E-state index is 0.0882. The Bertz CT molecular complexity index is 1320. The lowest BCUT2D eigenvalue weighted by Crippen LogP contribution is -2.30. The van der Waals surface area contributed by atoms with E-state index in [1.54, 1.807) is 0 Å². The highest BCUT2D eigenvalue weighted by Gasteiger charge is 2.36. The molecule has 2 atom stereocenters. The minimum Gasteiger partial charge on any atom is -0.399 e. The predicted molar refractivity (Wildman–Crippen MR) is 200 cm³/mol. The molecular formula is C44H58N2. The normalized spacial score (nSPS) is 15.8. The van der Waals surface area contributed by atoms with Crippen molar-refractivity contribution in [3.8, 4) is 0 Å². The van der Waals surface area contributed by atoms with Crippen LogP contribution in [0.3, 0.4) is 0 Å². The van der Waals surface area contributed by atoms with Gasteiger partial charge in [0.05, 0.1) is 0 Å². The Morgan fingerprint density at radius 3 is 1.15 bits per heavy atom. The molecule has 0 spiro atoms. The van der Waals surface area contributed by atoms with E-state index in [9.17, 15) is 0 Å². The van der Waals surface area contributed by atoms with Gasteiger partial charge in [0, 0.05) is 28.6 Å². The van der Waals surface area contributed by atoms with Gasteiger partial charge in [-0.15, -0.1) is 0 Å². The second-order valence-electron chi connectivity index (χ2n) is 14.0. The summed E-state index contributed by atoms with van der Waals surface area (Å²) < 4.78 is 0. The van der Waals surface area contributed by atoms with Crippen molar-refractivity contribution in [1.82, 2.24) is 0 Å². The predicted octanol–water partition coefficient (Wildman–Crippen LogP) is 12.3. The molecule has 2 nitrogen and oxygen atoms in total. The highest BCUT2D eigenvalue weighted by atomic mass is 14.5. The van der Waals surface area contributed by atoms with Crippen LogP contribution < -0.4 is 11.5 Å². The zero-order valence-electron chi connectivity index (χ0n) is 28.7. The molecule has 0 bridgehead atoms. The first kappa shape index (κ1) is 33.8. The third-order valence-corrected chi connectivity index (χ3v) is 10.8. The number of benzene rings is 4. The molecule has 0 heterocycles. The van der Waals surface area contributed by atoms with Gasteiger partial charge in [-0.1, -0.05) is 157 Å². The molecule has 2 unspecified atom stereocenters. The van der Waals surface area contributed by atoms with Gasteiger partial charge in [-0.05, 0) is 83.3 Å². The molecule has 1 fully saturated rings. The number of rotatable bonds is 16. The van der Waals surface area contributed by atoms with Crippen LogP contribution in [0.4, 0.5) is 11.4 Å². The molecule has 0 amide bonds. The highest BCUT2D eigenvalue weighted by molar-refractivity contribution is 5.47. The molecule has 5 rings (SSSR count). The summed E-state index contributed by atoms with van der Waals surface area (Å²) in [5.41, 5.74) is 22.5. The Morgan fingerprint density at radius 1 is 0.457 bits per heavy atom. The van der Waals surface area contributed by atoms with Gasteiger partial charge < -0.3 is 11.5 Å². The minimum absolute atomic E-state index is 0.0882. The van der Waals surface area contributed by atoms with Crippen molar-refractivity contribution in [3.63, 3.8) is 0 Å². The molecule has 1 aliphatic carbocycles. The topological polar surface area (TPSA) is 52.0 Å². The molecule has 0 radical (unpaired) electrons. The Labute approximate surface area is 280 Å². The van der Waals surface area contributed by atoms with E-state index in [1.807, 2.05) is 0 Å². The van der Waals surface area contributed by atoms with Gasteiger partial charge in [-0.25, -0.2) is 0 Å². The SMILES string of the molecule is CCCCCCC(c1ccc(N)cc1)c1ccc(C2(c3ccc(C(CCCCCC)c4ccc(N)cc4)cc3)CCCCC2)cc1. The fraction of sp³-hybridized carbons (Fsp3) is 0.455. The van der Waals surface area contributed by atoms with Gasteiger partial charge in [-0.3, -0.25) is 0 Å². The first-order valence-corrected chi connectivity index (χ1v) is 18.5. The van der Waals surface area contributed by atoms with E-state index >= 15 is 0 Å². The van der Waals surface area contributed by atoms with Gasteiger partial charge in [-0.2, -0.15) is 0 Å². The largest absolute Gasteiger partial charge is 0.399 e. The lowest BCUT2D eigenvalue weighted by atomic mass is 9.65. The van der Waals surface area contributed by atoms with E-state index in [0.29, 0.717) is 11.8 Å². The first-order valence-electron chi connectivity index (χ1n) is 18.5. The average molecular weight is 615 g/mol. The average Bonchev–Trinajstić information content (AvgIpc) is 3.10. The third-order valence-electron chi connectivity index (χ3n) is 10.8. The van der Waals surface area contributed by atoms with Crippen molar-refractivity contribution in [3.05, 3.63) is 130 Å². The van der Waals surface area contributed by atoms with Gasteiger partial charge >= 0.3 is 0 Å². The quantitative estimate of drug-likeness (QED) is 0.0974. The van der Waals surface area contributed by atoms with Crippen molar-refractivity contribution in [2.75, 3.05) is 11.5 Å². The maximum absolute atomic E-state index is 6.07. The molecule has 244 valence electrons. The molecule has 1 aliphatic rings. The van der Waals surface area contributed by atoms with Crippen LogP contribution in [0.2, 0.25) is 0 Å². The zero-order valence-corrected chi connectivity index (χ0v) is 28.7. The number of hydrogen-bond acceptors (Lipinski definition) is 2. The highest BCUT2D eigenvalue weighted by Crippen LogP contribution is 2.46. The van der Waals surface area contributed by atoms with Gasteiger partial charge in [0.1, 0.15) is 0 Å². The molecule has 46 heavy (non-hydrogen) atoms. The van der Waals surface area contributed by atoms with Crippen LogP contribution in [0.5, 0.6) is 0 Å². The smallest absolute Gasteiger partial charge is 0.0314 e. The number of hydrogen-bond donors (Lipinski definition) is 2. The number of anilines is 2. The van der Waals surface area contributed by atoms with Crippen LogP contribution in [0.25, 0.3) is 0 Å². The third kappa shape index (κ3) is 8.44. The molecule has 1 saturated carbocycles. The molecule has 2 heteroatoms. The number of nitrogen functional groups attached to an aromatic ring is 2. The van der Waals surface area contributed by atoms with Gasteiger partial charge in [0.15, 0.2) is 0 Å². The monoisotopic (exact) mass is 614 g/mol. The summed E-state index contributed by atoms with van der Waals surface area (Å²) in [6.45, 7) is 4.58. The van der Waals surface area contributed by atoms with E-state index in [-0.39, 0.29) is 5.41 Å². The van der Waals surface area contributed by atoms with E-state index in [1.165, 1.54) is 130 Å². The maximum atomic E-state index is 6.07. The van der Waals surface area contributed by atoms with Crippen LogP contribution >= 0.6 is 0 Å². The van der Waals surface area contributed by atoms with Crippen molar-refractivity contribution in [2.45, 2.75) is 127 Å². The van der Waals surface area contributed by atoms with Crippen LogP contribution in [0.15, 0.2) is 97.1 Å². The summed E-state index contributed by atoms with van der Waals surface area (Å²) in [5, 5.41) is 0.